The van der Waals surface area contributed by atoms with E-state index >= 15 is 0 Å². The normalized spacial score (nSPS) is 20.7. The number of nitrogens with zero attached hydrogens (tertiary/aromatic N) is 2. The zero-order valence-electron chi connectivity index (χ0n) is 19.5. The Labute approximate surface area is 208 Å². The maximum Gasteiger partial charge on any atom is 0.311 e. The largest absolute Gasteiger partial charge is 0.455 e. The third-order valence-electron chi connectivity index (χ3n) is 7.10. The Morgan fingerprint density at radius 2 is 1.80 bits per heavy atom. The molecule has 1 N–H and O–H groups in total. The predicted molar refractivity (Wildman–Crippen MR) is 133 cm³/mol. The van der Waals surface area contributed by atoms with Crippen LogP contribution in [0.25, 0.3) is 0 Å². The van der Waals surface area contributed by atoms with Gasteiger partial charge in [-0.2, -0.15) is 0 Å². The fourth-order valence-corrected chi connectivity index (χ4v) is 5.73. The average Bonchev–Trinajstić information content (AvgIpc) is 3.51. The molecule has 3 aliphatic rings. The Morgan fingerprint density at radius 1 is 1.09 bits per heavy atom. The summed E-state index contributed by atoms with van der Waals surface area (Å²) >= 11 is 1.61. The smallest absolute Gasteiger partial charge is 0.311 e. The highest BCUT2D eigenvalue weighted by Crippen LogP contribution is 2.45. The number of amides is 3. The van der Waals surface area contributed by atoms with Crippen LogP contribution >= 0.6 is 11.8 Å². The Hall–Kier alpha value is -3.33. The summed E-state index contributed by atoms with van der Waals surface area (Å²) in [6.45, 7) is -0.265. The number of hydrogen-bond acceptors (Lipinski definition) is 6. The minimum atomic E-state index is -0.957. The Kier molecular flexibility index (Phi) is 6.27. The molecule has 2 heterocycles. The molecule has 5 rings (SSSR count). The number of thioether (sulfide) groups is 1. The monoisotopic (exact) mass is 493 g/mol. The SMILES string of the molecule is CSc1ccc(N2CC(C(=O)OCC(=O)N3c4ccccc4NC(=O)C34CCCC4)CC2=O)cc1. The summed E-state index contributed by atoms with van der Waals surface area (Å²) in [4.78, 5) is 56.0. The minimum absolute atomic E-state index is 0.0379. The predicted octanol–water partition coefficient (Wildman–Crippen LogP) is 3.60. The summed E-state index contributed by atoms with van der Waals surface area (Å²) in [5.74, 6) is -2.01. The van der Waals surface area contributed by atoms with Crippen molar-refractivity contribution in [3.63, 3.8) is 0 Å². The number of esters is 1. The van der Waals surface area contributed by atoms with Gasteiger partial charge in [0.15, 0.2) is 6.61 Å². The number of ether oxygens (including phenoxy) is 1. The topological polar surface area (TPSA) is 96.0 Å². The van der Waals surface area contributed by atoms with Crippen molar-refractivity contribution in [2.75, 3.05) is 34.5 Å². The molecule has 1 saturated carbocycles. The molecule has 35 heavy (non-hydrogen) atoms. The minimum Gasteiger partial charge on any atom is -0.455 e. The molecular weight excluding hydrogens is 466 g/mol. The molecule has 2 aromatic carbocycles. The van der Waals surface area contributed by atoms with Gasteiger partial charge in [0.1, 0.15) is 5.54 Å². The molecule has 182 valence electrons. The van der Waals surface area contributed by atoms with Gasteiger partial charge < -0.3 is 15.0 Å². The van der Waals surface area contributed by atoms with Crippen molar-refractivity contribution < 1.29 is 23.9 Å². The maximum atomic E-state index is 13.4. The molecule has 8 nitrogen and oxygen atoms in total. The van der Waals surface area contributed by atoms with Gasteiger partial charge >= 0.3 is 5.97 Å². The summed E-state index contributed by atoms with van der Waals surface area (Å²) in [5.41, 5.74) is 0.962. The van der Waals surface area contributed by atoms with E-state index in [1.165, 1.54) is 4.90 Å². The van der Waals surface area contributed by atoms with E-state index in [1.807, 2.05) is 36.6 Å². The zero-order chi connectivity index (χ0) is 24.6. The van der Waals surface area contributed by atoms with Gasteiger partial charge in [0, 0.05) is 23.5 Å². The first kappa shape index (κ1) is 23.4. The Balaban J connectivity index is 1.28. The second-order valence-corrected chi connectivity index (χ2v) is 10.0. The lowest BCUT2D eigenvalue weighted by atomic mass is 9.90. The van der Waals surface area contributed by atoms with E-state index in [-0.39, 0.29) is 24.8 Å². The summed E-state index contributed by atoms with van der Waals surface area (Å²) in [7, 11) is 0. The van der Waals surface area contributed by atoms with Crippen LogP contribution in [0.4, 0.5) is 17.1 Å². The summed E-state index contributed by atoms with van der Waals surface area (Å²) in [5, 5.41) is 2.93. The molecule has 1 spiro atoms. The van der Waals surface area contributed by atoms with Gasteiger partial charge in [0.2, 0.25) is 5.91 Å². The van der Waals surface area contributed by atoms with Gasteiger partial charge in [0.25, 0.3) is 11.8 Å². The molecule has 1 unspecified atom stereocenters. The molecule has 2 aliphatic heterocycles. The van der Waals surface area contributed by atoms with Crippen molar-refractivity contribution in [3.05, 3.63) is 48.5 Å². The van der Waals surface area contributed by atoms with Gasteiger partial charge in [-0.1, -0.05) is 25.0 Å². The van der Waals surface area contributed by atoms with Crippen molar-refractivity contribution in [1.29, 1.82) is 0 Å². The van der Waals surface area contributed by atoms with Crippen LogP contribution in [0.3, 0.4) is 0 Å². The molecule has 3 amide bonds. The van der Waals surface area contributed by atoms with E-state index in [4.69, 9.17) is 4.74 Å². The van der Waals surface area contributed by atoms with E-state index < -0.39 is 29.9 Å². The van der Waals surface area contributed by atoms with E-state index in [0.29, 0.717) is 24.2 Å². The van der Waals surface area contributed by atoms with Crippen molar-refractivity contribution in [1.82, 2.24) is 0 Å². The lowest BCUT2D eigenvalue weighted by Gasteiger charge is -2.44. The number of rotatable bonds is 5. The highest BCUT2D eigenvalue weighted by molar-refractivity contribution is 7.98. The first-order valence-electron chi connectivity index (χ1n) is 11.8. The number of fused-ring (bicyclic) bond motifs is 1. The number of hydrogen-bond donors (Lipinski definition) is 1. The molecule has 0 radical (unpaired) electrons. The van der Waals surface area contributed by atoms with Crippen LogP contribution in [-0.4, -0.2) is 48.6 Å². The van der Waals surface area contributed by atoms with Crippen LogP contribution in [0.5, 0.6) is 0 Å². The number of benzene rings is 2. The molecule has 2 fully saturated rings. The van der Waals surface area contributed by atoms with Gasteiger partial charge in [0.05, 0.1) is 17.3 Å². The molecule has 2 aromatic rings. The number of carbonyl (C=O) groups is 4. The third kappa shape index (κ3) is 4.18. The van der Waals surface area contributed by atoms with Crippen LogP contribution in [0.15, 0.2) is 53.4 Å². The van der Waals surface area contributed by atoms with Crippen LogP contribution in [0.1, 0.15) is 32.1 Å². The number of nitrogens with one attached hydrogen (secondary N) is 1. The lowest BCUT2D eigenvalue weighted by molar-refractivity contribution is -0.152. The van der Waals surface area contributed by atoms with Crippen LogP contribution < -0.4 is 15.1 Å². The number of para-hydroxylation sites is 2. The molecular formula is C26H27N3O5S. The third-order valence-corrected chi connectivity index (χ3v) is 7.85. The fourth-order valence-electron chi connectivity index (χ4n) is 5.32. The highest BCUT2D eigenvalue weighted by atomic mass is 32.2. The fraction of sp³-hybridized carbons (Fsp3) is 0.385. The quantitative estimate of drug-likeness (QED) is 0.505. The Bertz CT molecular complexity index is 1180. The standard InChI is InChI=1S/C26H27N3O5S/c1-35-19-10-8-18(9-11-19)28-15-17(14-22(28)30)24(32)34-16-23(31)29-21-7-3-2-6-20(21)27-25(33)26(29)12-4-5-13-26/h2-3,6-11,17H,4-5,12-16H2,1H3,(H,27,33). The molecule has 9 heteroatoms. The summed E-state index contributed by atoms with van der Waals surface area (Å²) < 4.78 is 5.42. The molecule has 0 bridgehead atoms. The average molecular weight is 494 g/mol. The van der Waals surface area contributed by atoms with Crippen LogP contribution in [0.2, 0.25) is 0 Å². The summed E-state index contributed by atoms with van der Waals surface area (Å²) in [6.07, 6.45) is 4.83. The van der Waals surface area contributed by atoms with Crippen molar-refractivity contribution >= 4 is 52.5 Å². The zero-order valence-corrected chi connectivity index (χ0v) is 20.3. The lowest BCUT2D eigenvalue weighted by Crippen LogP contribution is -2.61. The van der Waals surface area contributed by atoms with Crippen LogP contribution in [-0.2, 0) is 23.9 Å². The highest BCUT2D eigenvalue weighted by Gasteiger charge is 2.52. The van der Waals surface area contributed by atoms with Crippen molar-refractivity contribution in [3.8, 4) is 0 Å². The Morgan fingerprint density at radius 3 is 2.51 bits per heavy atom. The first-order chi connectivity index (χ1) is 16.9. The molecule has 0 aromatic heterocycles. The van der Waals surface area contributed by atoms with E-state index in [2.05, 4.69) is 5.32 Å². The number of carbonyl (C=O) groups excluding carboxylic acids is 4. The van der Waals surface area contributed by atoms with E-state index in [9.17, 15) is 19.2 Å². The van der Waals surface area contributed by atoms with Gasteiger partial charge in [-0.05, 0) is 55.5 Å². The van der Waals surface area contributed by atoms with Crippen molar-refractivity contribution in [2.24, 2.45) is 5.92 Å². The molecule has 1 atom stereocenters. The van der Waals surface area contributed by atoms with Gasteiger partial charge in [-0.3, -0.25) is 24.1 Å². The maximum absolute atomic E-state index is 13.4. The van der Waals surface area contributed by atoms with Gasteiger partial charge in [-0.15, -0.1) is 11.8 Å². The second kappa shape index (κ2) is 9.37. The summed E-state index contributed by atoms with van der Waals surface area (Å²) in [6, 6.07) is 14.8. The van der Waals surface area contributed by atoms with Crippen molar-refractivity contribution in [2.45, 2.75) is 42.5 Å². The second-order valence-electron chi connectivity index (χ2n) is 9.15. The van der Waals surface area contributed by atoms with Gasteiger partial charge in [-0.25, -0.2) is 0 Å². The van der Waals surface area contributed by atoms with Crippen LogP contribution in [0, 0.1) is 5.92 Å². The number of anilines is 3. The first-order valence-corrected chi connectivity index (χ1v) is 13.0. The van der Waals surface area contributed by atoms with E-state index in [1.54, 1.807) is 34.9 Å². The molecule has 1 aliphatic carbocycles. The molecule has 1 saturated heterocycles. The van der Waals surface area contributed by atoms with E-state index in [0.717, 1.165) is 23.4 Å².